The highest BCUT2D eigenvalue weighted by Gasteiger charge is 2.47. The fourth-order valence-corrected chi connectivity index (χ4v) is 3.51. The molecule has 2 heterocycles. The Labute approximate surface area is 155 Å². The first-order valence-electron chi connectivity index (χ1n) is 8.71. The molecule has 1 unspecified atom stereocenters. The van der Waals surface area contributed by atoms with Crippen molar-refractivity contribution >= 4 is 5.82 Å². The number of aliphatic hydroxyl groups excluding tert-OH is 3. The first-order chi connectivity index (χ1) is 12.9. The zero-order valence-electron chi connectivity index (χ0n) is 14.9. The molecule has 0 aromatic carbocycles. The van der Waals surface area contributed by atoms with Gasteiger partial charge in [0, 0.05) is 18.7 Å². The van der Waals surface area contributed by atoms with Crippen LogP contribution < -0.4 is 11.2 Å². The maximum absolute atomic E-state index is 12.0. The second kappa shape index (κ2) is 8.19. The topological polar surface area (TPSA) is 156 Å². The highest BCUT2D eigenvalue weighted by atomic mass is 16.6. The lowest BCUT2D eigenvalue weighted by Gasteiger charge is -2.44. The average Bonchev–Trinajstić information content (AvgIpc) is 2.90. The highest BCUT2D eigenvalue weighted by molar-refractivity contribution is 5.28. The van der Waals surface area contributed by atoms with E-state index < -0.39 is 41.9 Å². The number of ether oxygens (including phenoxy) is 3. The molecule has 3 rings (SSSR count). The molecule has 11 nitrogen and oxygen atoms in total. The Hall–Kier alpha value is -1.60. The van der Waals surface area contributed by atoms with Crippen molar-refractivity contribution in [2.24, 2.45) is 5.41 Å². The summed E-state index contributed by atoms with van der Waals surface area (Å²) < 4.78 is 17.2. The summed E-state index contributed by atoms with van der Waals surface area (Å²) in [7, 11) is 1.56. The summed E-state index contributed by atoms with van der Waals surface area (Å²) in [6, 6.07) is 1.31. The summed E-state index contributed by atoms with van der Waals surface area (Å²) in [5.41, 5.74) is 0.502. The fraction of sp³-hybridized carbons (Fsp3) is 0.750. The Bertz CT molecular complexity index is 694. The number of aliphatic hydroxyl groups is 3. The van der Waals surface area contributed by atoms with Crippen LogP contribution in [0.2, 0.25) is 0 Å². The van der Waals surface area contributed by atoms with E-state index in [4.69, 9.17) is 19.4 Å². The van der Waals surface area contributed by atoms with Crippen LogP contribution in [0.4, 0.5) is 5.82 Å². The molecule has 2 fully saturated rings. The molecule has 1 saturated carbocycles. The molecule has 0 amide bonds. The van der Waals surface area contributed by atoms with Crippen molar-refractivity contribution in [2.75, 3.05) is 25.8 Å². The van der Waals surface area contributed by atoms with Gasteiger partial charge in [-0.15, -0.1) is 0 Å². The summed E-state index contributed by atoms with van der Waals surface area (Å²) >= 11 is 0. The smallest absolute Gasteiger partial charge is 0.351 e. The van der Waals surface area contributed by atoms with E-state index in [-0.39, 0.29) is 12.4 Å². The molecule has 152 valence electrons. The predicted octanol–water partition coefficient (Wildman–Crippen LogP) is -1.18. The number of nitrogens with zero attached hydrogens (tertiary/aromatic N) is 2. The molecule has 0 bridgehead atoms. The zero-order chi connectivity index (χ0) is 19.6. The fourth-order valence-electron chi connectivity index (χ4n) is 3.51. The van der Waals surface area contributed by atoms with Gasteiger partial charge >= 0.3 is 5.69 Å². The quantitative estimate of drug-likeness (QED) is 0.272. The van der Waals surface area contributed by atoms with Gasteiger partial charge in [0.25, 0.3) is 0 Å². The minimum Gasteiger partial charge on any atom is -0.387 e. The Morgan fingerprint density at radius 3 is 2.74 bits per heavy atom. The largest absolute Gasteiger partial charge is 0.387 e. The van der Waals surface area contributed by atoms with E-state index in [1.165, 1.54) is 12.3 Å². The van der Waals surface area contributed by atoms with Crippen LogP contribution in [0, 0.1) is 5.41 Å². The van der Waals surface area contributed by atoms with Crippen LogP contribution in [0.1, 0.15) is 25.5 Å². The average molecular weight is 387 g/mol. The minimum atomic E-state index is -1.39. The third-order valence-corrected chi connectivity index (χ3v) is 5.28. The lowest BCUT2D eigenvalue weighted by Crippen LogP contribution is -2.47. The Kier molecular flexibility index (Phi) is 6.11. The van der Waals surface area contributed by atoms with Crippen molar-refractivity contribution in [2.45, 2.75) is 50.1 Å². The minimum absolute atomic E-state index is 0.0590. The maximum Gasteiger partial charge on any atom is 0.351 e. The molecule has 1 aliphatic heterocycles. The molecule has 1 aromatic heterocycles. The van der Waals surface area contributed by atoms with Gasteiger partial charge in [0.2, 0.25) is 0 Å². The monoisotopic (exact) mass is 387 g/mol. The summed E-state index contributed by atoms with van der Waals surface area (Å²) in [6.07, 6.45) is -2.11. The van der Waals surface area contributed by atoms with Crippen LogP contribution in [0.15, 0.2) is 17.1 Å². The zero-order valence-corrected chi connectivity index (χ0v) is 14.9. The normalized spacial score (nSPS) is 30.7. The van der Waals surface area contributed by atoms with Gasteiger partial charge in [-0.05, 0) is 18.9 Å². The predicted molar refractivity (Wildman–Crippen MR) is 89.9 cm³/mol. The van der Waals surface area contributed by atoms with Gasteiger partial charge in [0.05, 0.1) is 13.2 Å². The van der Waals surface area contributed by atoms with Gasteiger partial charge < -0.3 is 29.5 Å². The number of hydrogen-bond acceptors (Lipinski definition) is 10. The number of aromatic nitrogens is 2. The molecule has 5 N–H and O–H groups in total. The summed E-state index contributed by atoms with van der Waals surface area (Å²) in [4.78, 5) is 15.6. The van der Waals surface area contributed by atoms with Crippen LogP contribution in [-0.4, -0.2) is 75.0 Å². The lowest BCUT2D eigenvalue weighted by atomic mass is 9.69. The lowest BCUT2D eigenvalue weighted by molar-refractivity contribution is -0.230. The van der Waals surface area contributed by atoms with Gasteiger partial charge in [0.15, 0.2) is 18.3 Å². The maximum atomic E-state index is 12.0. The number of hydrogen-bond donors (Lipinski definition) is 5. The highest BCUT2D eigenvalue weighted by Crippen LogP contribution is 2.44. The molecule has 1 aliphatic carbocycles. The summed E-state index contributed by atoms with van der Waals surface area (Å²) in [6.45, 7) is 0.194. The van der Waals surface area contributed by atoms with Crippen LogP contribution in [-0.2, 0) is 14.2 Å². The number of rotatable bonds is 8. The molecule has 27 heavy (non-hydrogen) atoms. The molecular formula is C16H25N3O8. The van der Waals surface area contributed by atoms with E-state index in [9.17, 15) is 20.1 Å². The van der Waals surface area contributed by atoms with E-state index in [2.05, 4.69) is 4.98 Å². The molecule has 1 saturated heterocycles. The molecule has 2 aliphatic rings. The van der Waals surface area contributed by atoms with Crippen molar-refractivity contribution < 1.29 is 34.7 Å². The van der Waals surface area contributed by atoms with Crippen molar-refractivity contribution in [3.63, 3.8) is 0 Å². The third-order valence-electron chi connectivity index (χ3n) is 5.28. The second-order valence-electron chi connectivity index (χ2n) is 7.00. The van der Waals surface area contributed by atoms with Gasteiger partial charge in [0.1, 0.15) is 18.3 Å². The van der Waals surface area contributed by atoms with Gasteiger partial charge in [-0.3, -0.25) is 15.3 Å². The van der Waals surface area contributed by atoms with Crippen LogP contribution in [0.3, 0.4) is 0 Å². The van der Waals surface area contributed by atoms with Crippen LogP contribution in [0.25, 0.3) is 0 Å². The van der Waals surface area contributed by atoms with Crippen LogP contribution in [0.5, 0.6) is 0 Å². The second-order valence-corrected chi connectivity index (χ2v) is 7.00. The van der Waals surface area contributed by atoms with E-state index in [0.29, 0.717) is 6.61 Å². The summed E-state index contributed by atoms with van der Waals surface area (Å²) in [5.74, 6) is -0.0590. The molecular weight excluding hydrogens is 362 g/mol. The first kappa shape index (κ1) is 20.1. The molecule has 1 aromatic rings. The Morgan fingerprint density at radius 2 is 2.19 bits per heavy atom. The van der Waals surface area contributed by atoms with Crippen molar-refractivity contribution in [3.8, 4) is 0 Å². The Morgan fingerprint density at radius 1 is 1.44 bits per heavy atom. The molecule has 0 radical (unpaired) electrons. The van der Waals surface area contributed by atoms with E-state index in [0.717, 1.165) is 23.8 Å². The van der Waals surface area contributed by atoms with Gasteiger partial charge in [-0.1, -0.05) is 6.42 Å². The number of methoxy groups -OCH3 is 1. The molecule has 0 spiro atoms. The van der Waals surface area contributed by atoms with Crippen molar-refractivity contribution in [1.82, 2.24) is 9.55 Å². The van der Waals surface area contributed by atoms with Crippen LogP contribution >= 0.6 is 0 Å². The molecule has 5 atom stereocenters. The molecule has 11 heteroatoms. The van der Waals surface area contributed by atoms with Crippen molar-refractivity contribution in [3.05, 3.63) is 22.7 Å². The first-order valence-corrected chi connectivity index (χ1v) is 8.71. The van der Waals surface area contributed by atoms with E-state index in [1.54, 1.807) is 12.6 Å². The van der Waals surface area contributed by atoms with E-state index in [1.807, 2.05) is 0 Å². The number of nitrogens with one attached hydrogen (secondary N) is 1. The Balaban J connectivity index is 1.64. The van der Waals surface area contributed by atoms with Gasteiger partial charge in [-0.25, -0.2) is 4.79 Å². The van der Waals surface area contributed by atoms with Crippen molar-refractivity contribution in [1.29, 1.82) is 0 Å². The SMILES string of the molecule is COCC1(C(O)OC[C@H]2O[C@@H](n3ccc(NO)nc3=O)[C@H](O)[C@@H]2O)CCC1. The standard InChI is InChI=1S/C16H25N3O8/c1-25-8-16(4-2-5-16)14(22)26-7-9-11(20)12(21)13(27-9)19-6-3-10(18-24)17-15(19)23/h3,6,9,11-14,20-22,24H,2,4-5,7-8H2,1H3,(H,17,18,23)/t9-,11-,12-,13-,14?/m1/s1. The van der Waals surface area contributed by atoms with E-state index >= 15 is 0 Å². The third kappa shape index (κ3) is 3.85. The summed E-state index contributed by atoms with van der Waals surface area (Å²) in [5, 5.41) is 39.6. The van der Waals surface area contributed by atoms with Gasteiger partial charge in [-0.2, -0.15) is 4.98 Å². The number of anilines is 1.